The number of nitrogens with zero attached hydrogens (tertiary/aromatic N) is 4. The van der Waals surface area contributed by atoms with Gasteiger partial charge in [0.25, 0.3) is 5.91 Å². The highest BCUT2D eigenvalue weighted by molar-refractivity contribution is 5.92. The van der Waals surface area contributed by atoms with Gasteiger partial charge in [0.2, 0.25) is 0 Å². The molecule has 1 saturated heterocycles. The van der Waals surface area contributed by atoms with Gasteiger partial charge in [-0.2, -0.15) is 0 Å². The lowest BCUT2D eigenvalue weighted by atomic mass is 10.2. The number of aryl methyl sites for hydroxylation is 1. The summed E-state index contributed by atoms with van der Waals surface area (Å²) in [6.45, 7) is 5.65. The zero-order valence-electron chi connectivity index (χ0n) is 15.0. The number of rotatable bonds is 4. The highest BCUT2D eigenvalue weighted by atomic mass is 19.1. The number of pyridine rings is 2. The van der Waals surface area contributed by atoms with Crippen LogP contribution in [0.4, 0.5) is 15.9 Å². The van der Waals surface area contributed by atoms with Gasteiger partial charge in [0.05, 0.1) is 11.4 Å². The average Bonchev–Trinajstić information content (AvgIpc) is 2.65. The summed E-state index contributed by atoms with van der Waals surface area (Å²) < 4.78 is 14.0. The Bertz CT molecular complexity index is 804. The SMILES string of the molecule is CNC(=O)c1ccc(N2CCN(Cc3ccnc(N)c3F)CC2)c(C)n1. The minimum atomic E-state index is -0.431. The molecule has 0 aromatic carbocycles. The van der Waals surface area contributed by atoms with Crippen LogP contribution < -0.4 is 16.0 Å². The maximum Gasteiger partial charge on any atom is 0.269 e. The summed E-state index contributed by atoms with van der Waals surface area (Å²) in [6.07, 6.45) is 1.53. The molecule has 1 aliphatic heterocycles. The lowest BCUT2D eigenvalue weighted by Crippen LogP contribution is -2.46. The highest BCUT2D eigenvalue weighted by Crippen LogP contribution is 2.22. The first-order valence-corrected chi connectivity index (χ1v) is 8.55. The molecule has 0 saturated carbocycles. The van der Waals surface area contributed by atoms with Crippen molar-refractivity contribution in [2.75, 3.05) is 43.9 Å². The van der Waals surface area contributed by atoms with Crippen molar-refractivity contribution in [1.82, 2.24) is 20.2 Å². The second-order valence-corrected chi connectivity index (χ2v) is 6.31. The first-order valence-electron chi connectivity index (χ1n) is 8.55. The smallest absolute Gasteiger partial charge is 0.269 e. The molecular weight excluding hydrogens is 335 g/mol. The van der Waals surface area contributed by atoms with Gasteiger partial charge in [0, 0.05) is 51.5 Å². The number of amides is 1. The monoisotopic (exact) mass is 358 g/mol. The van der Waals surface area contributed by atoms with Gasteiger partial charge in [-0.05, 0) is 25.1 Å². The van der Waals surface area contributed by atoms with Crippen LogP contribution in [0, 0.1) is 12.7 Å². The number of carbonyl (C=O) groups is 1. The van der Waals surface area contributed by atoms with Crippen LogP contribution >= 0.6 is 0 Å². The van der Waals surface area contributed by atoms with E-state index in [-0.39, 0.29) is 11.7 Å². The predicted molar refractivity (Wildman–Crippen MR) is 98.5 cm³/mol. The molecule has 0 spiro atoms. The lowest BCUT2D eigenvalue weighted by Gasteiger charge is -2.36. The topological polar surface area (TPSA) is 87.4 Å². The predicted octanol–water partition coefficient (Wildman–Crippen LogP) is 1.19. The normalized spacial score (nSPS) is 15.1. The number of nitrogen functional groups attached to an aromatic ring is 1. The highest BCUT2D eigenvalue weighted by Gasteiger charge is 2.21. The lowest BCUT2D eigenvalue weighted by molar-refractivity contribution is 0.0958. The number of nitrogens with one attached hydrogen (secondary N) is 1. The van der Waals surface area contributed by atoms with Gasteiger partial charge in [-0.3, -0.25) is 9.69 Å². The number of anilines is 2. The van der Waals surface area contributed by atoms with Crippen molar-refractivity contribution in [3.63, 3.8) is 0 Å². The number of aromatic nitrogens is 2. The molecule has 1 fully saturated rings. The third-order valence-electron chi connectivity index (χ3n) is 4.62. The molecule has 138 valence electrons. The van der Waals surface area contributed by atoms with Gasteiger partial charge in [-0.25, -0.2) is 14.4 Å². The molecule has 0 aliphatic carbocycles. The van der Waals surface area contributed by atoms with Crippen molar-refractivity contribution in [2.45, 2.75) is 13.5 Å². The third kappa shape index (κ3) is 3.75. The summed E-state index contributed by atoms with van der Waals surface area (Å²) in [5.41, 5.74) is 8.37. The number of piperazine rings is 1. The zero-order valence-corrected chi connectivity index (χ0v) is 15.0. The summed E-state index contributed by atoms with van der Waals surface area (Å²) in [5.74, 6) is -0.679. The Hall–Kier alpha value is -2.74. The Morgan fingerprint density at radius 1 is 1.27 bits per heavy atom. The molecule has 0 atom stereocenters. The maximum atomic E-state index is 14.0. The fourth-order valence-corrected chi connectivity index (χ4v) is 3.15. The van der Waals surface area contributed by atoms with E-state index in [2.05, 4.69) is 25.1 Å². The number of hydrogen-bond donors (Lipinski definition) is 2. The largest absolute Gasteiger partial charge is 0.381 e. The Balaban J connectivity index is 1.63. The van der Waals surface area contributed by atoms with E-state index in [1.807, 2.05) is 13.0 Å². The molecule has 1 amide bonds. The fourth-order valence-electron chi connectivity index (χ4n) is 3.15. The van der Waals surface area contributed by atoms with Crippen LogP contribution in [0.1, 0.15) is 21.7 Å². The number of halogens is 1. The summed E-state index contributed by atoms with van der Waals surface area (Å²) in [4.78, 5) is 24.3. The summed E-state index contributed by atoms with van der Waals surface area (Å²) in [5, 5.41) is 2.58. The Kier molecular flexibility index (Phi) is 5.32. The van der Waals surface area contributed by atoms with E-state index in [0.29, 0.717) is 17.8 Å². The quantitative estimate of drug-likeness (QED) is 0.854. The second kappa shape index (κ2) is 7.65. The number of carbonyl (C=O) groups excluding carboxylic acids is 1. The molecule has 0 unspecified atom stereocenters. The fraction of sp³-hybridized carbons (Fsp3) is 0.389. The van der Waals surface area contributed by atoms with Gasteiger partial charge in [0.1, 0.15) is 5.69 Å². The minimum Gasteiger partial charge on any atom is -0.381 e. The average molecular weight is 358 g/mol. The first kappa shape index (κ1) is 18.1. The van der Waals surface area contributed by atoms with Gasteiger partial charge >= 0.3 is 0 Å². The van der Waals surface area contributed by atoms with Crippen molar-refractivity contribution in [2.24, 2.45) is 0 Å². The van der Waals surface area contributed by atoms with Gasteiger partial charge in [-0.15, -0.1) is 0 Å². The third-order valence-corrected chi connectivity index (χ3v) is 4.62. The Morgan fingerprint density at radius 3 is 2.65 bits per heavy atom. The molecule has 3 rings (SSSR count). The zero-order chi connectivity index (χ0) is 18.7. The van der Waals surface area contributed by atoms with Crippen LogP contribution in [0.15, 0.2) is 24.4 Å². The van der Waals surface area contributed by atoms with Crippen LogP contribution in [-0.2, 0) is 6.54 Å². The Morgan fingerprint density at radius 2 is 2.00 bits per heavy atom. The molecule has 1 aliphatic rings. The van der Waals surface area contributed by atoms with Crippen LogP contribution in [0.2, 0.25) is 0 Å². The van der Waals surface area contributed by atoms with Crippen molar-refractivity contribution < 1.29 is 9.18 Å². The van der Waals surface area contributed by atoms with Gasteiger partial charge < -0.3 is 16.0 Å². The van der Waals surface area contributed by atoms with Crippen LogP contribution in [0.3, 0.4) is 0 Å². The molecule has 2 aromatic heterocycles. The van der Waals surface area contributed by atoms with E-state index in [4.69, 9.17) is 5.73 Å². The van der Waals surface area contributed by atoms with Crippen LogP contribution in [-0.4, -0.2) is 54.0 Å². The molecular formula is C18H23FN6O. The van der Waals surface area contributed by atoms with E-state index in [1.54, 1.807) is 19.2 Å². The van der Waals surface area contributed by atoms with Crippen LogP contribution in [0.5, 0.6) is 0 Å². The summed E-state index contributed by atoms with van der Waals surface area (Å²) in [7, 11) is 1.59. The van der Waals surface area contributed by atoms with Crippen molar-refractivity contribution in [3.8, 4) is 0 Å². The van der Waals surface area contributed by atoms with Crippen molar-refractivity contribution in [1.29, 1.82) is 0 Å². The van der Waals surface area contributed by atoms with E-state index in [9.17, 15) is 9.18 Å². The summed E-state index contributed by atoms with van der Waals surface area (Å²) in [6, 6.07) is 5.35. The van der Waals surface area contributed by atoms with Gasteiger partial charge in [0.15, 0.2) is 11.6 Å². The number of nitrogens with two attached hydrogens (primary N) is 1. The van der Waals surface area contributed by atoms with Crippen LogP contribution in [0.25, 0.3) is 0 Å². The molecule has 0 bridgehead atoms. The maximum absolute atomic E-state index is 14.0. The molecule has 8 heteroatoms. The first-order chi connectivity index (χ1) is 12.5. The minimum absolute atomic E-state index is 0.0564. The molecule has 0 radical (unpaired) electrons. The molecule has 2 aromatic rings. The second-order valence-electron chi connectivity index (χ2n) is 6.31. The van der Waals surface area contributed by atoms with Gasteiger partial charge in [-0.1, -0.05) is 0 Å². The van der Waals surface area contributed by atoms with E-state index >= 15 is 0 Å². The van der Waals surface area contributed by atoms with E-state index in [1.165, 1.54) is 6.20 Å². The molecule has 26 heavy (non-hydrogen) atoms. The molecule has 3 heterocycles. The van der Waals surface area contributed by atoms with Crippen molar-refractivity contribution >= 4 is 17.4 Å². The number of hydrogen-bond acceptors (Lipinski definition) is 6. The van der Waals surface area contributed by atoms with E-state index < -0.39 is 5.82 Å². The Labute approximate surface area is 152 Å². The summed E-state index contributed by atoms with van der Waals surface area (Å²) >= 11 is 0. The van der Waals surface area contributed by atoms with E-state index in [0.717, 1.165) is 37.6 Å². The molecule has 7 nitrogen and oxygen atoms in total. The molecule has 3 N–H and O–H groups in total. The van der Waals surface area contributed by atoms with Crippen molar-refractivity contribution in [3.05, 3.63) is 47.2 Å². The standard InChI is InChI=1S/C18H23FN6O/c1-12-15(4-3-14(23-12)18(26)21-2)25-9-7-24(8-10-25)11-13-5-6-22-17(20)16(13)19/h3-6H,7-11H2,1-2H3,(H2,20,22)(H,21,26).